The molecule has 0 unspecified atom stereocenters. The van der Waals surface area contributed by atoms with Crippen LogP contribution in [0.25, 0.3) is 0 Å². The maximum absolute atomic E-state index is 13.4. The highest BCUT2D eigenvalue weighted by Crippen LogP contribution is 2.60. The van der Waals surface area contributed by atoms with Crippen LogP contribution in [-0.4, -0.2) is 70.7 Å². The standard InChI is InChI=1S/C11H10F13NO3/c1-5(2-26,3-27)25-4(28)6(12,13)7(14,15)8(16,17)9(18,19)10(20,21)11(22,23)24/h26-27H,2-3H2,1H3,(H,25,28). The molecule has 0 aromatic heterocycles. The highest BCUT2D eigenvalue weighted by atomic mass is 19.4. The molecule has 17 heteroatoms. The molecule has 0 radical (unpaired) electrons. The normalized spacial score (nSPS) is 15.6. The maximum Gasteiger partial charge on any atom is 0.460 e. The fourth-order valence-corrected chi connectivity index (χ4v) is 1.39. The molecule has 0 heterocycles. The van der Waals surface area contributed by atoms with Crippen molar-refractivity contribution in [1.29, 1.82) is 0 Å². The van der Waals surface area contributed by atoms with Gasteiger partial charge in [-0.1, -0.05) is 0 Å². The van der Waals surface area contributed by atoms with Crippen LogP contribution < -0.4 is 5.32 Å². The predicted molar refractivity (Wildman–Crippen MR) is 61.5 cm³/mol. The lowest BCUT2D eigenvalue weighted by Crippen LogP contribution is -2.72. The number of aliphatic hydroxyl groups is 2. The lowest BCUT2D eigenvalue weighted by atomic mass is 9.93. The molecule has 0 aromatic carbocycles. The van der Waals surface area contributed by atoms with Crippen LogP contribution in [0.15, 0.2) is 0 Å². The molecule has 28 heavy (non-hydrogen) atoms. The van der Waals surface area contributed by atoms with E-state index in [4.69, 9.17) is 10.2 Å². The first-order chi connectivity index (χ1) is 12.0. The average Bonchev–Trinajstić information content (AvgIpc) is 2.52. The Balaban J connectivity index is 6.29. The third-order valence-corrected chi connectivity index (χ3v) is 3.33. The number of rotatable bonds is 8. The van der Waals surface area contributed by atoms with Gasteiger partial charge < -0.3 is 15.5 Å². The number of alkyl halides is 13. The largest absolute Gasteiger partial charge is 0.460 e. The van der Waals surface area contributed by atoms with Crippen molar-refractivity contribution in [1.82, 2.24) is 5.32 Å². The van der Waals surface area contributed by atoms with Crippen LogP contribution in [0.2, 0.25) is 0 Å². The fraction of sp³-hybridized carbons (Fsp3) is 0.909. The number of hydrogen-bond donors (Lipinski definition) is 3. The lowest BCUT2D eigenvalue weighted by molar-refractivity contribution is -0.436. The van der Waals surface area contributed by atoms with Gasteiger partial charge in [0.05, 0.1) is 18.8 Å². The van der Waals surface area contributed by atoms with Crippen LogP contribution in [0.1, 0.15) is 6.92 Å². The number of nitrogens with one attached hydrogen (secondary N) is 1. The zero-order valence-corrected chi connectivity index (χ0v) is 13.1. The predicted octanol–water partition coefficient (Wildman–Crippen LogP) is 2.58. The van der Waals surface area contributed by atoms with Gasteiger partial charge in [-0.05, 0) is 6.92 Å². The zero-order valence-electron chi connectivity index (χ0n) is 13.1. The number of aliphatic hydroxyl groups excluding tert-OH is 2. The molecule has 0 aliphatic carbocycles. The van der Waals surface area contributed by atoms with Crippen molar-refractivity contribution in [3.05, 3.63) is 0 Å². The summed E-state index contributed by atoms with van der Waals surface area (Å²) in [6.07, 6.45) is -7.56. The maximum atomic E-state index is 13.4. The van der Waals surface area contributed by atoms with Gasteiger partial charge in [0.15, 0.2) is 0 Å². The van der Waals surface area contributed by atoms with E-state index in [0.717, 1.165) is 0 Å². The van der Waals surface area contributed by atoms with Crippen LogP contribution in [0.5, 0.6) is 0 Å². The van der Waals surface area contributed by atoms with Gasteiger partial charge in [0.25, 0.3) is 5.91 Å². The first-order valence-electron chi connectivity index (χ1n) is 6.50. The molecular formula is C11H10F13NO3. The number of hydrogen-bond acceptors (Lipinski definition) is 3. The number of amides is 1. The monoisotopic (exact) mass is 451 g/mol. The van der Waals surface area contributed by atoms with Crippen molar-refractivity contribution < 1.29 is 72.1 Å². The first kappa shape index (κ1) is 26.5. The Morgan fingerprint density at radius 1 is 0.679 bits per heavy atom. The van der Waals surface area contributed by atoms with Crippen molar-refractivity contribution in [2.75, 3.05) is 13.2 Å². The molecule has 0 aromatic rings. The second-order valence-corrected chi connectivity index (χ2v) is 5.70. The van der Waals surface area contributed by atoms with Crippen LogP contribution >= 0.6 is 0 Å². The molecule has 0 aliphatic heterocycles. The molecule has 3 N–H and O–H groups in total. The molecule has 0 spiro atoms. The van der Waals surface area contributed by atoms with E-state index in [1.807, 2.05) is 0 Å². The van der Waals surface area contributed by atoms with Gasteiger partial charge in [-0.2, -0.15) is 57.1 Å². The Morgan fingerprint density at radius 3 is 1.29 bits per heavy atom. The van der Waals surface area contributed by atoms with E-state index in [1.165, 1.54) is 0 Å². The Bertz CT molecular complexity index is 583. The van der Waals surface area contributed by atoms with Gasteiger partial charge in [-0.15, -0.1) is 0 Å². The van der Waals surface area contributed by atoms with Gasteiger partial charge in [0, 0.05) is 0 Å². The van der Waals surface area contributed by atoms with Gasteiger partial charge in [0.1, 0.15) is 0 Å². The van der Waals surface area contributed by atoms with E-state index < -0.39 is 60.4 Å². The van der Waals surface area contributed by atoms with Crippen LogP contribution in [0.3, 0.4) is 0 Å². The van der Waals surface area contributed by atoms with Gasteiger partial charge in [-0.25, -0.2) is 0 Å². The fourth-order valence-electron chi connectivity index (χ4n) is 1.39. The van der Waals surface area contributed by atoms with E-state index in [0.29, 0.717) is 12.2 Å². The Kier molecular flexibility index (Phi) is 6.68. The number of carbonyl (C=O) groups excluding carboxylic acids is 1. The third kappa shape index (κ3) is 3.69. The molecule has 0 fully saturated rings. The minimum Gasteiger partial charge on any atom is -0.394 e. The minimum atomic E-state index is -8.12. The molecule has 0 atom stereocenters. The van der Waals surface area contributed by atoms with E-state index in [2.05, 4.69) is 0 Å². The van der Waals surface area contributed by atoms with E-state index >= 15 is 0 Å². The molecule has 4 nitrogen and oxygen atoms in total. The van der Waals surface area contributed by atoms with E-state index in [9.17, 15) is 61.9 Å². The number of carbonyl (C=O) groups is 1. The highest BCUT2D eigenvalue weighted by molar-refractivity contribution is 5.85. The quantitative estimate of drug-likeness (QED) is 0.498. The molecule has 1 amide bonds. The summed E-state index contributed by atoms with van der Waals surface area (Å²) in [5, 5.41) is 18.1. The zero-order chi connectivity index (χ0) is 23.2. The van der Waals surface area contributed by atoms with Crippen molar-refractivity contribution in [3.63, 3.8) is 0 Å². The Morgan fingerprint density at radius 2 is 1.00 bits per heavy atom. The summed E-state index contributed by atoms with van der Waals surface area (Å²) in [6, 6.07) is 0. The summed E-state index contributed by atoms with van der Waals surface area (Å²) >= 11 is 0. The molecule has 0 saturated carbocycles. The summed E-state index contributed by atoms with van der Waals surface area (Å²) in [6.45, 7) is -2.51. The highest BCUT2D eigenvalue weighted by Gasteiger charge is 2.91. The van der Waals surface area contributed by atoms with Crippen molar-refractivity contribution in [2.24, 2.45) is 0 Å². The Hall–Kier alpha value is -1.52. The van der Waals surface area contributed by atoms with Crippen molar-refractivity contribution in [2.45, 2.75) is 48.3 Å². The van der Waals surface area contributed by atoms with Crippen molar-refractivity contribution >= 4 is 5.91 Å². The van der Waals surface area contributed by atoms with Crippen LogP contribution in [0, 0.1) is 0 Å². The molecule has 0 bridgehead atoms. The van der Waals surface area contributed by atoms with Gasteiger partial charge in [-0.3, -0.25) is 4.79 Å². The summed E-state index contributed by atoms with van der Waals surface area (Å²) < 4.78 is 167. The van der Waals surface area contributed by atoms with Gasteiger partial charge in [0.2, 0.25) is 0 Å². The average molecular weight is 451 g/mol. The molecule has 168 valence electrons. The summed E-state index contributed by atoms with van der Waals surface area (Å²) in [4.78, 5) is 11.1. The van der Waals surface area contributed by atoms with E-state index in [-0.39, 0.29) is 0 Å². The summed E-state index contributed by atoms with van der Waals surface area (Å²) in [5.41, 5.74) is -2.61. The van der Waals surface area contributed by atoms with E-state index in [1.54, 1.807) is 0 Å². The second-order valence-electron chi connectivity index (χ2n) is 5.70. The topological polar surface area (TPSA) is 69.6 Å². The second kappa shape index (κ2) is 7.07. The molecule has 0 saturated heterocycles. The SMILES string of the molecule is CC(CO)(CO)NC(=O)C(F)(F)C(F)(F)C(F)(F)C(F)(F)C(F)(F)C(F)(F)F. The summed E-state index contributed by atoms with van der Waals surface area (Å²) in [7, 11) is 0. The van der Waals surface area contributed by atoms with Crippen LogP contribution in [-0.2, 0) is 4.79 Å². The van der Waals surface area contributed by atoms with Crippen molar-refractivity contribution in [3.8, 4) is 0 Å². The third-order valence-electron chi connectivity index (χ3n) is 3.33. The molecule has 0 aliphatic rings. The number of halogens is 13. The smallest absolute Gasteiger partial charge is 0.394 e. The summed E-state index contributed by atoms with van der Waals surface area (Å²) in [5.74, 6) is -42.5. The Labute approximate surface area is 146 Å². The molecule has 0 rings (SSSR count). The first-order valence-corrected chi connectivity index (χ1v) is 6.50. The van der Waals surface area contributed by atoms with Gasteiger partial charge >= 0.3 is 35.8 Å². The van der Waals surface area contributed by atoms with Crippen LogP contribution in [0.4, 0.5) is 57.1 Å². The minimum absolute atomic E-state index is 0.476. The lowest BCUT2D eigenvalue weighted by Gasteiger charge is -2.39. The molecular weight excluding hydrogens is 441 g/mol.